The molecule has 0 saturated carbocycles. The Hall–Kier alpha value is -1.13. The summed E-state index contributed by atoms with van der Waals surface area (Å²) in [4.78, 5) is 21.3. The Morgan fingerprint density at radius 1 is 1.73 bits per heavy atom. The van der Waals surface area contributed by atoms with Gasteiger partial charge in [-0.3, -0.25) is 4.90 Å². The lowest BCUT2D eigenvalue weighted by Gasteiger charge is -2.14. The fourth-order valence-corrected chi connectivity index (χ4v) is 1.16. The number of halogens is 1. The molecule has 1 rings (SSSR count). The molecule has 1 aliphatic heterocycles. The molecule has 11 heavy (non-hydrogen) atoms. The van der Waals surface area contributed by atoms with Crippen LogP contribution in [0.15, 0.2) is 0 Å². The van der Waals surface area contributed by atoms with Gasteiger partial charge in [0.05, 0.1) is 12.6 Å². The molecule has 1 saturated heterocycles. The van der Waals surface area contributed by atoms with Gasteiger partial charge in [-0.05, 0) is 0 Å². The first-order valence-corrected chi connectivity index (χ1v) is 3.24. The number of carbonyl (C=O) groups excluding carboxylic acids is 1. The molecule has 0 unspecified atom stereocenters. The number of likely N-dealkylation sites (tertiary alicyclic amines) is 1. The Kier molecular flexibility index (Phi) is 2.07. The van der Waals surface area contributed by atoms with Gasteiger partial charge >= 0.3 is 6.09 Å². The summed E-state index contributed by atoms with van der Waals surface area (Å²) in [5.41, 5.74) is 0. The molecule has 0 aliphatic carbocycles. The lowest BCUT2D eigenvalue weighted by atomic mass is 10.2. The minimum Gasteiger partial charge on any atom is -0.465 e. The van der Waals surface area contributed by atoms with E-state index in [2.05, 4.69) is 0 Å². The quantitative estimate of drug-likeness (QED) is 0.562. The van der Waals surface area contributed by atoms with Crippen molar-refractivity contribution in [1.82, 2.24) is 4.90 Å². The van der Waals surface area contributed by atoms with Gasteiger partial charge in [-0.2, -0.15) is 0 Å². The Morgan fingerprint density at radius 3 is 2.73 bits per heavy atom. The number of hydrogen-bond donors (Lipinski definition) is 1. The molecule has 5 heteroatoms. The van der Waals surface area contributed by atoms with Gasteiger partial charge in [-0.15, -0.1) is 0 Å². The number of nitrogens with zero attached hydrogens (tertiary/aromatic N) is 1. The Morgan fingerprint density at radius 2 is 2.36 bits per heavy atom. The summed E-state index contributed by atoms with van der Waals surface area (Å²) in [6.45, 7) is -0.182. The van der Waals surface area contributed by atoms with E-state index in [0.717, 1.165) is 4.90 Å². The number of carboxylic acid groups (broad SMARTS) is 1. The number of aldehydes is 1. The molecule has 0 aromatic rings. The van der Waals surface area contributed by atoms with Gasteiger partial charge in [0, 0.05) is 6.42 Å². The SMILES string of the molecule is O=C[C@@H]1C[C@H](F)CN1C(=O)O. The second-order valence-electron chi connectivity index (χ2n) is 2.47. The third kappa shape index (κ3) is 1.47. The molecule has 0 spiro atoms. The molecule has 62 valence electrons. The zero-order chi connectivity index (χ0) is 8.43. The van der Waals surface area contributed by atoms with Gasteiger partial charge in [0.2, 0.25) is 0 Å². The van der Waals surface area contributed by atoms with Crippen LogP contribution in [0.5, 0.6) is 0 Å². The normalized spacial score (nSPS) is 30.5. The predicted molar refractivity (Wildman–Crippen MR) is 34.1 cm³/mol. The molecule has 0 radical (unpaired) electrons. The zero-order valence-corrected chi connectivity index (χ0v) is 5.74. The average molecular weight is 161 g/mol. The maximum Gasteiger partial charge on any atom is 0.408 e. The van der Waals surface area contributed by atoms with Gasteiger partial charge < -0.3 is 9.90 Å². The van der Waals surface area contributed by atoms with Crippen molar-refractivity contribution in [2.24, 2.45) is 0 Å². The summed E-state index contributed by atoms with van der Waals surface area (Å²) < 4.78 is 12.5. The van der Waals surface area contributed by atoms with Crippen molar-refractivity contribution >= 4 is 12.4 Å². The average Bonchev–Trinajstić information content (AvgIpc) is 2.30. The predicted octanol–water partition coefficient (Wildman–Crippen LogP) is 0.276. The van der Waals surface area contributed by atoms with Crippen LogP contribution >= 0.6 is 0 Å². The summed E-state index contributed by atoms with van der Waals surface area (Å²) >= 11 is 0. The molecule has 0 aromatic carbocycles. The second kappa shape index (κ2) is 2.86. The third-order valence-corrected chi connectivity index (χ3v) is 1.70. The fraction of sp³-hybridized carbons (Fsp3) is 0.667. The van der Waals surface area contributed by atoms with Crippen LogP contribution in [0, 0.1) is 0 Å². The van der Waals surface area contributed by atoms with Crippen LogP contribution in [0.2, 0.25) is 0 Å². The number of alkyl halides is 1. The van der Waals surface area contributed by atoms with Crippen LogP contribution in [-0.4, -0.2) is 41.1 Å². The first-order chi connectivity index (χ1) is 5.15. The van der Waals surface area contributed by atoms with Crippen LogP contribution in [0.3, 0.4) is 0 Å². The Bertz CT molecular complexity index is 185. The maximum absolute atomic E-state index is 12.5. The van der Waals surface area contributed by atoms with Gasteiger partial charge in [0.25, 0.3) is 0 Å². The van der Waals surface area contributed by atoms with E-state index < -0.39 is 18.3 Å². The van der Waals surface area contributed by atoms with Crippen molar-refractivity contribution in [1.29, 1.82) is 0 Å². The molecule has 0 aromatic heterocycles. The first-order valence-electron chi connectivity index (χ1n) is 3.24. The van der Waals surface area contributed by atoms with Gasteiger partial charge in [-0.25, -0.2) is 9.18 Å². The fourth-order valence-electron chi connectivity index (χ4n) is 1.16. The van der Waals surface area contributed by atoms with Gasteiger partial charge in [-0.1, -0.05) is 0 Å². The highest BCUT2D eigenvalue weighted by Crippen LogP contribution is 2.18. The minimum absolute atomic E-state index is 0.00417. The summed E-state index contributed by atoms with van der Waals surface area (Å²) in [6.07, 6.45) is -1.97. The molecule has 0 bridgehead atoms. The van der Waals surface area contributed by atoms with Crippen LogP contribution in [0.4, 0.5) is 9.18 Å². The number of hydrogen-bond acceptors (Lipinski definition) is 2. The van der Waals surface area contributed by atoms with Crippen molar-refractivity contribution in [3.63, 3.8) is 0 Å². The summed E-state index contributed by atoms with van der Waals surface area (Å²) in [6, 6.07) is -0.789. The van der Waals surface area contributed by atoms with E-state index in [9.17, 15) is 14.0 Å². The van der Waals surface area contributed by atoms with Crippen molar-refractivity contribution < 1.29 is 19.1 Å². The van der Waals surface area contributed by atoms with Crippen LogP contribution < -0.4 is 0 Å². The lowest BCUT2D eigenvalue weighted by Crippen LogP contribution is -2.35. The number of amides is 1. The van der Waals surface area contributed by atoms with E-state index in [1.165, 1.54) is 0 Å². The van der Waals surface area contributed by atoms with Crippen molar-refractivity contribution in [2.75, 3.05) is 6.54 Å². The van der Waals surface area contributed by atoms with Crippen LogP contribution in [0.25, 0.3) is 0 Å². The zero-order valence-electron chi connectivity index (χ0n) is 5.74. The molecular weight excluding hydrogens is 153 g/mol. The molecular formula is C6H8FNO3. The van der Waals surface area contributed by atoms with E-state index in [1.807, 2.05) is 0 Å². The van der Waals surface area contributed by atoms with E-state index in [1.54, 1.807) is 0 Å². The van der Waals surface area contributed by atoms with Gasteiger partial charge in [0.1, 0.15) is 12.5 Å². The van der Waals surface area contributed by atoms with Crippen LogP contribution in [-0.2, 0) is 4.79 Å². The van der Waals surface area contributed by atoms with E-state index in [0.29, 0.717) is 6.29 Å². The topological polar surface area (TPSA) is 57.6 Å². The minimum atomic E-state index is -1.23. The molecule has 4 nitrogen and oxygen atoms in total. The molecule has 2 atom stereocenters. The lowest BCUT2D eigenvalue weighted by molar-refractivity contribution is -0.111. The van der Waals surface area contributed by atoms with Crippen molar-refractivity contribution in [2.45, 2.75) is 18.6 Å². The third-order valence-electron chi connectivity index (χ3n) is 1.70. The number of rotatable bonds is 1. The highest BCUT2D eigenvalue weighted by atomic mass is 19.1. The van der Waals surface area contributed by atoms with E-state index >= 15 is 0 Å². The molecule has 1 N–H and O–H groups in total. The summed E-state index contributed by atoms with van der Waals surface area (Å²) in [7, 11) is 0. The van der Waals surface area contributed by atoms with Crippen molar-refractivity contribution in [3.8, 4) is 0 Å². The second-order valence-corrected chi connectivity index (χ2v) is 2.47. The highest BCUT2D eigenvalue weighted by Gasteiger charge is 2.34. The maximum atomic E-state index is 12.5. The Labute approximate surface area is 62.6 Å². The molecule has 1 amide bonds. The highest BCUT2D eigenvalue weighted by molar-refractivity contribution is 5.72. The molecule has 1 fully saturated rings. The smallest absolute Gasteiger partial charge is 0.408 e. The Balaban J connectivity index is 2.64. The van der Waals surface area contributed by atoms with E-state index in [4.69, 9.17) is 5.11 Å². The van der Waals surface area contributed by atoms with Crippen molar-refractivity contribution in [3.05, 3.63) is 0 Å². The van der Waals surface area contributed by atoms with Gasteiger partial charge in [0.15, 0.2) is 0 Å². The molecule has 1 aliphatic rings. The molecule has 1 heterocycles. The number of carbonyl (C=O) groups is 2. The first kappa shape index (κ1) is 7.97. The van der Waals surface area contributed by atoms with E-state index in [-0.39, 0.29) is 13.0 Å². The monoisotopic (exact) mass is 161 g/mol. The summed E-state index contributed by atoms with van der Waals surface area (Å²) in [5, 5.41) is 8.43. The largest absolute Gasteiger partial charge is 0.465 e. The standard InChI is InChI=1S/C6H8FNO3/c7-4-1-5(3-9)8(2-4)6(10)11/h3-5H,1-2H2,(H,10,11)/t4-,5-/m0/s1. The van der Waals surface area contributed by atoms with Crippen LogP contribution in [0.1, 0.15) is 6.42 Å². The summed E-state index contributed by atoms with van der Waals surface area (Å²) in [5.74, 6) is 0.